The fraction of sp³-hybridized carbons (Fsp3) is 0.412. The fourth-order valence-electron chi connectivity index (χ4n) is 2.12. The molecule has 0 radical (unpaired) electrons. The van der Waals surface area contributed by atoms with Crippen molar-refractivity contribution in [3.63, 3.8) is 0 Å². The number of aromatic nitrogens is 1. The molecule has 1 amide bonds. The van der Waals surface area contributed by atoms with Gasteiger partial charge in [0.05, 0.1) is 11.8 Å². The van der Waals surface area contributed by atoms with Crippen molar-refractivity contribution in [2.45, 2.75) is 25.4 Å². The molecule has 5 nitrogen and oxygen atoms in total. The first kappa shape index (κ1) is 17.6. The smallest absolute Gasteiger partial charge is 0.220 e. The second kappa shape index (κ2) is 8.17. The van der Waals surface area contributed by atoms with E-state index in [-0.39, 0.29) is 18.9 Å². The zero-order valence-corrected chi connectivity index (χ0v) is 14.2. The van der Waals surface area contributed by atoms with Crippen molar-refractivity contribution in [3.8, 4) is 11.3 Å². The highest BCUT2D eigenvalue weighted by atomic mass is 32.2. The molecular weight excluding hydrogens is 312 g/mol. The maximum Gasteiger partial charge on any atom is 0.220 e. The average Bonchev–Trinajstić information content (AvgIpc) is 3.01. The zero-order valence-electron chi connectivity index (χ0n) is 13.4. The van der Waals surface area contributed by atoms with E-state index in [2.05, 4.69) is 10.3 Å². The number of thioether (sulfide) groups is 1. The number of nitrogens with zero attached hydrogens (tertiary/aromatic N) is 1. The van der Waals surface area contributed by atoms with Gasteiger partial charge in [-0.1, -0.05) is 30.3 Å². The van der Waals surface area contributed by atoms with Crippen LogP contribution in [0.5, 0.6) is 0 Å². The third-order valence-corrected chi connectivity index (χ3v) is 4.21. The fourth-order valence-corrected chi connectivity index (χ4v) is 2.85. The van der Waals surface area contributed by atoms with Crippen LogP contribution in [0.1, 0.15) is 19.2 Å². The van der Waals surface area contributed by atoms with E-state index < -0.39 is 5.60 Å². The number of amides is 1. The predicted octanol–water partition coefficient (Wildman–Crippen LogP) is 2.50. The van der Waals surface area contributed by atoms with Crippen molar-refractivity contribution in [1.82, 2.24) is 10.3 Å². The first-order chi connectivity index (χ1) is 11.0. The van der Waals surface area contributed by atoms with Gasteiger partial charge in [0.25, 0.3) is 0 Å². The van der Waals surface area contributed by atoms with Crippen molar-refractivity contribution in [2.24, 2.45) is 0 Å². The Bertz CT molecular complexity index is 626. The molecule has 23 heavy (non-hydrogen) atoms. The summed E-state index contributed by atoms with van der Waals surface area (Å²) in [7, 11) is 0. The monoisotopic (exact) mass is 334 g/mol. The highest BCUT2D eigenvalue weighted by Crippen LogP contribution is 2.20. The molecule has 124 valence electrons. The minimum absolute atomic E-state index is 0.120. The quantitative estimate of drug-likeness (QED) is 0.776. The molecule has 1 heterocycles. The minimum atomic E-state index is -0.890. The molecule has 0 aliphatic rings. The Labute approximate surface area is 140 Å². The van der Waals surface area contributed by atoms with Crippen LogP contribution in [0.4, 0.5) is 0 Å². The number of nitrogens with one attached hydrogen (secondary N) is 1. The molecule has 2 N–H and O–H groups in total. The summed E-state index contributed by atoms with van der Waals surface area (Å²) in [6, 6.07) is 9.71. The Morgan fingerprint density at radius 2 is 2.13 bits per heavy atom. The van der Waals surface area contributed by atoms with Crippen molar-refractivity contribution in [3.05, 3.63) is 42.4 Å². The lowest BCUT2D eigenvalue weighted by molar-refractivity contribution is -0.122. The Kier molecular flexibility index (Phi) is 6.24. The molecule has 0 saturated carbocycles. The summed E-state index contributed by atoms with van der Waals surface area (Å²) in [5.74, 6) is 1.69. The maximum absolute atomic E-state index is 11.8. The topological polar surface area (TPSA) is 75.4 Å². The number of carbonyl (C=O) groups is 1. The number of oxazole rings is 1. The molecular formula is C17H22N2O3S. The second-order valence-corrected chi connectivity index (χ2v) is 6.56. The van der Waals surface area contributed by atoms with Gasteiger partial charge in [-0.2, -0.15) is 11.8 Å². The third kappa shape index (κ3) is 5.73. The number of aliphatic hydroxyl groups is 1. The normalized spacial score (nSPS) is 13.5. The van der Waals surface area contributed by atoms with Crippen LogP contribution in [0.2, 0.25) is 0 Å². The molecule has 0 spiro atoms. The third-order valence-electron chi connectivity index (χ3n) is 3.30. The number of rotatable bonds is 8. The lowest BCUT2D eigenvalue weighted by atomic mass is 10.1. The molecule has 2 aromatic rings. The summed E-state index contributed by atoms with van der Waals surface area (Å²) in [5, 5.41) is 12.8. The van der Waals surface area contributed by atoms with Gasteiger partial charge in [-0.3, -0.25) is 4.79 Å². The number of benzene rings is 1. The number of aryl methyl sites for hydroxylation is 1. The Morgan fingerprint density at radius 3 is 2.83 bits per heavy atom. The molecule has 0 aliphatic heterocycles. The van der Waals surface area contributed by atoms with E-state index in [0.717, 1.165) is 5.56 Å². The van der Waals surface area contributed by atoms with Gasteiger partial charge in [-0.25, -0.2) is 4.98 Å². The summed E-state index contributed by atoms with van der Waals surface area (Å²) in [4.78, 5) is 16.0. The van der Waals surface area contributed by atoms with Crippen LogP contribution in [0.15, 0.2) is 40.9 Å². The van der Waals surface area contributed by atoms with Crippen LogP contribution >= 0.6 is 11.8 Å². The lowest BCUT2D eigenvalue weighted by Gasteiger charge is -2.22. The number of hydrogen-bond acceptors (Lipinski definition) is 5. The Hall–Kier alpha value is -1.79. The first-order valence-corrected chi connectivity index (χ1v) is 8.88. The summed E-state index contributed by atoms with van der Waals surface area (Å²) in [6.45, 7) is 1.96. The Morgan fingerprint density at radius 1 is 1.39 bits per heavy atom. The second-order valence-electron chi connectivity index (χ2n) is 5.69. The van der Waals surface area contributed by atoms with Crippen LogP contribution in [-0.4, -0.2) is 40.2 Å². The van der Waals surface area contributed by atoms with E-state index in [4.69, 9.17) is 4.42 Å². The van der Waals surface area contributed by atoms with Crippen molar-refractivity contribution in [1.29, 1.82) is 0 Å². The number of hydrogen-bond donors (Lipinski definition) is 2. The van der Waals surface area contributed by atoms with Gasteiger partial charge in [0, 0.05) is 30.7 Å². The van der Waals surface area contributed by atoms with E-state index in [1.54, 1.807) is 24.9 Å². The van der Waals surface area contributed by atoms with Crippen molar-refractivity contribution >= 4 is 17.7 Å². The molecule has 1 atom stereocenters. The zero-order chi connectivity index (χ0) is 16.7. The van der Waals surface area contributed by atoms with Crippen LogP contribution in [-0.2, 0) is 11.2 Å². The first-order valence-electron chi connectivity index (χ1n) is 7.48. The lowest BCUT2D eigenvalue weighted by Crippen LogP contribution is -2.42. The summed E-state index contributed by atoms with van der Waals surface area (Å²) in [5.41, 5.74) is 0.0715. The predicted molar refractivity (Wildman–Crippen MR) is 92.3 cm³/mol. The molecule has 0 bridgehead atoms. The molecule has 0 saturated heterocycles. The van der Waals surface area contributed by atoms with Crippen LogP contribution < -0.4 is 5.32 Å². The summed E-state index contributed by atoms with van der Waals surface area (Å²) >= 11 is 1.54. The van der Waals surface area contributed by atoms with Gasteiger partial charge < -0.3 is 14.8 Å². The van der Waals surface area contributed by atoms with Gasteiger partial charge in [0.1, 0.15) is 0 Å². The Balaban J connectivity index is 1.80. The minimum Gasteiger partial charge on any atom is -0.441 e. The van der Waals surface area contributed by atoms with E-state index in [9.17, 15) is 9.90 Å². The van der Waals surface area contributed by atoms with E-state index in [1.165, 1.54) is 0 Å². The van der Waals surface area contributed by atoms with Crippen molar-refractivity contribution < 1.29 is 14.3 Å². The molecule has 1 aromatic carbocycles. The highest BCUT2D eigenvalue weighted by molar-refractivity contribution is 7.98. The van der Waals surface area contributed by atoms with Gasteiger partial charge >= 0.3 is 0 Å². The van der Waals surface area contributed by atoms with Gasteiger partial charge in [0.15, 0.2) is 11.7 Å². The van der Waals surface area contributed by atoms with Gasteiger partial charge in [-0.15, -0.1) is 0 Å². The van der Waals surface area contributed by atoms with Gasteiger partial charge in [-0.05, 0) is 13.2 Å². The molecule has 1 aromatic heterocycles. The van der Waals surface area contributed by atoms with Crippen LogP contribution in [0.3, 0.4) is 0 Å². The van der Waals surface area contributed by atoms with E-state index >= 15 is 0 Å². The summed E-state index contributed by atoms with van der Waals surface area (Å²) in [6.07, 6.45) is 4.31. The summed E-state index contributed by atoms with van der Waals surface area (Å²) < 4.78 is 5.66. The molecule has 2 rings (SSSR count). The standard InChI is InChI=1S/C17H22N2O3S/c1-17(21,12-23-2)11-19-15(20)8-9-16-18-10-14(22-16)13-6-4-3-5-7-13/h3-7,10,21H,8-9,11-12H2,1-2H3,(H,19,20). The molecule has 6 heteroatoms. The highest BCUT2D eigenvalue weighted by Gasteiger charge is 2.20. The van der Waals surface area contributed by atoms with Gasteiger partial charge in [0.2, 0.25) is 5.91 Å². The van der Waals surface area contributed by atoms with E-state index in [1.807, 2.05) is 36.6 Å². The molecule has 0 fully saturated rings. The van der Waals surface area contributed by atoms with Crippen molar-refractivity contribution in [2.75, 3.05) is 18.6 Å². The SMILES string of the molecule is CSCC(C)(O)CNC(=O)CCc1ncc(-c2ccccc2)o1. The molecule has 1 unspecified atom stereocenters. The van der Waals surface area contributed by atoms with E-state index in [0.29, 0.717) is 23.8 Å². The van der Waals surface area contributed by atoms with Crippen LogP contribution in [0.25, 0.3) is 11.3 Å². The average molecular weight is 334 g/mol. The number of carbonyl (C=O) groups excluding carboxylic acids is 1. The molecule has 0 aliphatic carbocycles. The largest absolute Gasteiger partial charge is 0.441 e. The van der Waals surface area contributed by atoms with Crippen LogP contribution in [0, 0.1) is 0 Å². The maximum atomic E-state index is 11.8.